The van der Waals surface area contributed by atoms with Crippen LogP contribution in [0.5, 0.6) is 11.5 Å². The van der Waals surface area contributed by atoms with E-state index in [-0.39, 0.29) is 5.75 Å². The van der Waals surface area contributed by atoms with Gasteiger partial charge in [-0.2, -0.15) is 0 Å². The van der Waals surface area contributed by atoms with E-state index in [1.54, 1.807) is 6.07 Å². The maximum absolute atomic E-state index is 10.3. The van der Waals surface area contributed by atoms with Gasteiger partial charge in [-0.05, 0) is 57.4 Å². The van der Waals surface area contributed by atoms with Gasteiger partial charge in [-0.1, -0.05) is 37.1 Å². The molecule has 1 fully saturated rings. The predicted molar refractivity (Wildman–Crippen MR) is 99.1 cm³/mol. The molecule has 3 nitrogen and oxygen atoms in total. The number of rotatable bonds is 2. The second-order valence-corrected chi connectivity index (χ2v) is 6.48. The first kappa shape index (κ1) is 16.8. The number of hydrogen-bond acceptors (Lipinski definition) is 3. The van der Waals surface area contributed by atoms with E-state index >= 15 is 0 Å². The fraction of sp³-hybridized carbons (Fsp3) is 0.429. The summed E-state index contributed by atoms with van der Waals surface area (Å²) in [4.78, 5) is 0. The zero-order valence-corrected chi connectivity index (χ0v) is 14.9. The van der Waals surface area contributed by atoms with E-state index in [0.29, 0.717) is 11.8 Å². The highest BCUT2D eigenvalue weighted by Crippen LogP contribution is 2.48. The molecule has 1 unspecified atom stereocenters. The number of allylic oxidation sites excluding steroid dienone is 3. The molecule has 0 aliphatic carbocycles. The van der Waals surface area contributed by atoms with E-state index in [1.807, 2.05) is 19.1 Å². The topological polar surface area (TPSA) is 41.5 Å². The van der Waals surface area contributed by atoms with Crippen molar-refractivity contribution in [3.63, 3.8) is 0 Å². The molecule has 3 rings (SSSR count). The molecule has 2 aliphatic rings. The lowest BCUT2D eigenvalue weighted by Crippen LogP contribution is -2.35. The third-order valence-corrected chi connectivity index (χ3v) is 4.90. The first-order chi connectivity index (χ1) is 11.7. The zero-order chi connectivity index (χ0) is 17.1. The van der Waals surface area contributed by atoms with E-state index < -0.39 is 0 Å². The Morgan fingerprint density at radius 2 is 2.12 bits per heavy atom. The minimum absolute atomic E-state index is 0.208. The summed E-state index contributed by atoms with van der Waals surface area (Å²) < 4.78 is 6.00. The molecule has 0 saturated carbocycles. The number of benzene rings is 1. The highest BCUT2D eigenvalue weighted by molar-refractivity contribution is 5.91. The number of para-hydroxylation sites is 1. The van der Waals surface area contributed by atoms with Crippen LogP contribution < -0.4 is 10.1 Å². The van der Waals surface area contributed by atoms with E-state index in [9.17, 15) is 5.11 Å². The van der Waals surface area contributed by atoms with Crippen molar-refractivity contribution in [3.05, 3.63) is 52.8 Å². The third-order valence-electron chi connectivity index (χ3n) is 4.90. The number of hydrogen-bond donors (Lipinski definition) is 2. The summed E-state index contributed by atoms with van der Waals surface area (Å²) in [5.74, 6) is 1.63. The number of phenols is 1. The normalized spacial score (nSPS) is 27.2. The molecule has 0 aromatic heterocycles. The lowest BCUT2D eigenvalue weighted by atomic mass is 9.83. The summed E-state index contributed by atoms with van der Waals surface area (Å²) in [5, 5.41) is 13.9. The van der Waals surface area contributed by atoms with Crippen molar-refractivity contribution in [2.24, 2.45) is 0 Å². The Morgan fingerprint density at radius 3 is 2.83 bits per heavy atom. The van der Waals surface area contributed by atoms with Crippen molar-refractivity contribution in [2.45, 2.75) is 52.5 Å². The van der Waals surface area contributed by atoms with Crippen molar-refractivity contribution in [1.82, 2.24) is 5.32 Å². The summed E-state index contributed by atoms with van der Waals surface area (Å²) in [6.45, 7) is 7.29. The first-order valence-corrected chi connectivity index (χ1v) is 8.98. The average molecular weight is 325 g/mol. The lowest BCUT2D eigenvalue weighted by Gasteiger charge is -2.32. The molecular formula is C21H27NO2. The van der Waals surface area contributed by atoms with Crippen molar-refractivity contribution in [2.75, 3.05) is 6.54 Å². The van der Waals surface area contributed by atoms with Gasteiger partial charge in [-0.15, -0.1) is 0 Å². The van der Waals surface area contributed by atoms with Crippen LogP contribution in [0, 0.1) is 0 Å². The zero-order valence-electron chi connectivity index (χ0n) is 14.9. The van der Waals surface area contributed by atoms with Crippen molar-refractivity contribution in [1.29, 1.82) is 0 Å². The van der Waals surface area contributed by atoms with Crippen LogP contribution in [0.15, 0.2) is 47.3 Å². The maximum atomic E-state index is 10.3. The molecule has 0 spiro atoms. The molecule has 0 amide bonds. The Kier molecular flexibility index (Phi) is 5.10. The smallest absolute Gasteiger partial charge is 0.176 e. The molecule has 0 bridgehead atoms. The van der Waals surface area contributed by atoms with Crippen LogP contribution >= 0.6 is 0 Å². The van der Waals surface area contributed by atoms with Crippen molar-refractivity contribution < 1.29 is 9.84 Å². The van der Waals surface area contributed by atoms with Gasteiger partial charge in [0.15, 0.2) is 11.5 Å². The summed E-state index contributed by atoms with van der Waals surface area (Å²) in [5.41, 5.74) is 4.88. The number of phenolic OH excluding ortho intramolecular Hbond substituents is 1. The van der Waals surface area contributed by atoms with E-state index in [1.165, 1.54) is 24.0 Å². The molecule has 1 aromatic carbocycles. The summed E-state index contributed by atoms with van der Waals surface area (Å²) >= 11 is 0. The maximum Gasteiger partial charge on any atom is 0.176 e. The van der Waals surface area contributed by atoms with Gasteiger partial charge < -0.3 is 15.2 Å². The van der Waals surface area contributed by atoms with Crippen LogP contribution in [0.25, 0.3) is 5.57 Å². The molecule has 1 aromatic rings. The highest BCUT2D eigenvalue weighted by atomic mass is 16.5. The summed E-state index contributed by atoms with van der Waals surface area (Å²) in [7, 11) is 0. The Balaban J connectivity index is 2.16. The van der Waals surface area contributed by atoms with Crippen LogP contribution in [-0.2, 0) is 0 Å². The molecule has 0 radical (unpaired) electrons. The number of ether oxygens (including phenoxy) is 1. The van der Waals surface area contributed by atoms with Crippen LogP contribution in [-0.4, -0.2) is 17.7 Å². The minimum Gasteiger partial charge on any atom is -0.504 e. The molecule has 2 N–H and O–H groups in total. The summed E-state index contributed by atoms with van der Waals surface area (Å²) in [6.07, 6.45) is 8.60. The number of aromatic hydroxyl groups is 1. The molecule has 2 aliphatic heterocycles. The van der Waals surface area contributed by atoms with Gasteiger partial charge in [0, 0.05) is 17.2 Å². The Labute approximate surface area is 144 Å². The SMILES string of the molecule is C/C=C1C(=C/C)\Oc2c(O)cccc2C\1=C1/CCNC(CCC)C1. The molecule has 2 heterocycles. The second kappa shape index (κ2) is 7.27. The Bertz CT molecular complexity index is 711. The van der Waals surface area contributed by atoms with Crippen molar-refractivity contribution in [3.8, 4) is 11.5 Å². The van der Waals surface area contributed by atoms with Gasteiger partial charge in [0.05, 0.1) is 0 Å². The van der Waals surface area contributed by atoms with Gasteiger partial charge in [-0.25, -0.2) is 0 Å². The van der Waals surface area contributed by atoms with Gasteiger partial charge in [0.25, 0.3) is 0 Å². The fourth-order valence-electron chi connectivity index (χ4n) is 3.82. The van der Waals surface area contributed by atoms with E-state index in [2.05, 4.69) is 31.3 Å². The standard InChI is InChI=1S/C21H27NO2/c1-4-8-15-13-14(11-12-22-15)20-16(5-2)19(6-3)24-21-17(20)9-7-10-18(21)23/h5-7,9-10,15,22-23H,4,8,11-13H2,1-3H3/b16-5+,19-6+,20-14+. The number of piperidine rings is 1. The molecule has 24 heavy (non-hydrogen) atoms. The molecule has 128 valence electrons. The first-order valence-electron chi connectivity index (χ1n) is 8.98. The number of nitrogens with one attached hydrogen (secondary N) is 1. The van der Waals surface area contributed by atoms with Gasteiger partial charge in [0.2, 0.25) is 0 Å². The van der Waals surface area contributed by atoms with Gasteiger partial charge in [-0.3, -0.25) is 0 Å². The van der Waals surface area contributed by atoms with Crippen LogP contribution in [0.2, 0.25) is 0 Å². The average Bonchev–Trinajstić information content (AvgIpc) is 2.61. The molecule has 3 heteroatoms. The van der Waals surface area contributed by atoms with Gasteiger partial charge in [0.1, 0.15) is 5.76 Å². The predicted octanol–water partition coefficient (Wildman–Crippen LogP) is 4.94. The molecule has 1 saturated heterocycles. The number of fused-ring (bicyclic) bond motifs is 1. The van der Waals surface area contributed by atoms with Crippen LogP contribution in [0.4, 0.5) is 0 Å². The Morgan fingerprint density at radius 1 is 1.29 bits per heavy atom. The lowest BCUT2D eigenvalue weighted by molar-refractivity contribution is 0.382. The largest absolute Gasteiger partial charge is 0.504 e. The van der Waals surface area contributed by atoms with Crippen LogP contribution in [0.1, 0.15) is 52.0 Å². The molecule has 1 atom stereocenters. The van der Waals surface area contributed by atoms with Gasteiger partial charge >= 0.3 is 0 Å². The van der Waals surface area contributed by atoms with E-state index in [0.717, 1.165) is 36.3 Å². The van der Waals surface area contributed by atoms with E-state index in [4.69, 9.17) is 4.74 Å². The van der Waals surface area contributed by atoms with Crippen LogP contribution in [0.3, 0.4) is 0 Å². The fourth-order valence-corrected chi connectivity index (χ4v) is 3.82. The monoisotopic (exact) mass is 325 g/mol. The quantitative estimate of drug-likeness (QED) is 0.809. The Hall–Kier alpha value is -2.00. The highest BCUT2D eigenvalue weighted by Gasteiger charge is 2.30. The molecular weight excluding hydrogens is 298 g/mol. The van der Waals surface area contributed by atoms with Crippen molar-refractivity contribution >= 4 is 5.57 Å². The minimum atomic E-state index is 0.208. The summed E-state index contributed by atoms with van der Waals surface area (Å²) in [6, 6.07) is 6.19. The second-order valence-electron chi connectivity index (χ2n) is 6.48. The third kappa shape index (κ3) is 3.01.